The monoisotopic (exact) mass is 424 g/mol. The summed E-state index contributed by atoms with van der Waals surface area (Å²) in [4.78, 5) is 19.5. The van der Waals surface area contributed by atoms with Crippen molar-refractivity contribution < 1.29 is 19.1 Å². The average molecular weight is 425 g/mol. The highest BCUT2D eigenvalue weighted by Gasteiger charge is 2.27. The first kappa shape index (κ1) is 22.8. The van der Waals surface area contributed by atoms with Gasteiger partial charge < -0.3 is 19.2 Å². The number of oxime groups is 1. The summed E-state index contributed by atoms with van der Waals surface area (Å²) >= 11 is 0. The Labute approximate surface area is 184 Å². The molecule has 3 rings (SSSR count). The molecule has 0 N–H and O–H groups in total. The van der Waals surface area contributed by atoms with Crippen LogP contribution in [-0.2, 0) is 14.3 Å². The Bertz CT molecular complexity index is 797. The third-order valence-corrected chi connectivity index (χ3v) is 4.87. The Morgan fingerprint density at radius 3 is 2.00 bits per heavy atom. The molecule has 0 unspecified atom stereocenters. The van der Waals surface area contributed by atoms with Crippen LogP contribution in [0.1, 0.15) is 44.7 Å². The largest absolute Gasteiger partial charge is 0.444 e. The van der Waals surface area contributed by atoms with Crippen LogP contribution in [0.3, 0.4) is 0 Å². The minimum atomic E-state index is -0.472. The minimum Gasteiger partial charge on any atom is -0.444 e. The van der Waals surface area contributed by atoms with E-state index in [0.29, 0.717) is 26.3 Å². The molecule has 0 aromatic heterocycles. The van der Waals surface area contributed by atoms with E-state index in [1.807, 2.05) is 81.4 Å². The number of likely N-dealkylation sites (tertiary alicyclic amines) is 1. The van der Waals surface area contributed by atoms with Crippen LogP contribution in [0.2, 0.25) is 0 Å². The predicted octanol–water partition coefficient (Wildman–Crippen LogP) is 4.87. The first-order valence-corrected chi connectivity index (χ1v) is 10.8. The minimum absolute atomic E-state index is 0.119. The van der Waals surface area contributed by atoms with Gasteiger partial charge in [0.05, 0.1) is 12.7 Å². The maximum Gasteiger partial charge on any atom is 0.410 e. The zero-order valence-corrected chi connectivity index (χ0v) is 18.6. The van der Waals surface area contributed by atoms with Crippen LogP contribution >= 0.6 is 0 Å². The van der Waals surface area contributed by atoms with Crippen LogP contribution < -0.4 is 0 Å². The molecule has 2 aromatic carbocycles. The molecule has 166 valence electrons. The first-order valence-electron chi connectivity index (χ1n) is 10.8. The zero-order valence-electron chi connectivity index (χ0n) is 18.6. The highest BCUT2D eigenvalue weighted by molar-refractivity contribution is 6.12. The molecule has 1 aliphatic heterocycles. The van der Waals surface area contributed by atoms with Crippen molar-refractivity contribution in [3.05, 3.63) is 71.8 Å². The summed E-state index contributed by atoms with van der Waals surface area (Å²) < 4.78 is 11.4. The van der Waals surface area contributed by atoms with Gasteiger partial charge in [0.2, 0.25) is 0 Å². The number of carbonyl (C=O) groups is 1. The molecular weight excluding hydrogens is 392 g/mol. The fraction of sp³-hybridized carbons (Fsp3) is 0.440. The summed E-state index contributed by atoms with van der Waals surface area (Å²) in [6, 6.07) is 20.0. The molecule has 1 heterocycles. The van der Waals surface area contributed by atoms with Crippen molar-refractivity contribution in [2.75, 3.05) is 26.3 Å². The van der Waals surface area contributed by atoms with Crippen molar-refractivity contribution in [1.29, 1.82) is 0 Å². The number of carbonyl (C=O) groups excluding carboxylic acids is 1. The maximum atomic E-state index is 12.1. The standard InChI is InChI=1S/C25H32N2O4/c1-25(2,3)31-24(28)27-16-14-22(15-17-27)29-18-19-30-26-23(20-10-6-4-7-11-20)21-12-8-5-9-13-21/h4-13,22H,14-19H2,1-3H3. The predicted molar refractivity (Wildman–Crippen MR) is 121 cm³/mol. The Morgan fingerprint density at radius 1 is 0.935 bits per heavy atom. The van der Waals surface area contributed by atoms with Crippen molar-refractivity contribution in [3.63, 3.8) is 0 Å². The fourth-order valence-corrected chi connectivity index (χ4v) is 3.36. The smallest absolute Gasteiger partial charge is 0.410 e. The van der Waals surface area contributed by atoms with Crippen molar-refractivity contribution in [2.24, 2.45) is 5.16 Å². The lowest BCUT2D eigenvalue weighted by Gasteiger charge is -2.33. The number of benzene rings is 2. The van der Waals surface area contributed by atoms with Gasteiger partial charge in [-0.25, -0.2) is 4.79 Å². The number of ether oxygens (including phenoxy) is 2. The van der Waals surface area contributed by atoms with Gasteiger partial charge in [-0.1, -0.05) is 65.8 Å². The Morgan fingerprint density at radius 2 is 1.48 bits per heavy atom. The van der Waals surface area contributed by atoms with E-state index in [0.717, 1.165) is 29.7 Å². The first-order chi connectivity index (χ1) is 14.9. The van der Waals surface area contributed by atoms with Gasteiger partial charge in [-0.05, 0) is 33.6 Å². The van der Waals surface area contributed by atoms with E-state index in [2.05, 4.69) is 5.16 Å². The number of amides is 1. The summed E-state index contributed by atoms with van der Waals surface area (Å²) in [5.41, 5.74) is 2.33. The van der Waals surface area contributed by atoms with E-state index >= 15 is 0 Å². The SMILES string of the molecule is CC(C)(C)OC(=O)N1CCC(OCCON=C(c2ccccc2)c2ccccc2)CC1. The Kier molecular flexibility index (Phi) is 8.06. The van der Waals surface area contributed by atoms with Gasteiger partial charge in [0.1, 0.15) is 17.9 Å². The second-order valence-electron chi connectivity index (χ2n) is 8.54. The number of hydrogen-bond donors (Lipinski definition) is 0. The van der Waals surface area contributed by atoms with Crippen LogP contribution in [0.25, 0.3) is 0 Å². The topological polar surface area (TPSA) is 60.4 Å². The summed E-state index contributed by atoms with van der Waals surface area (Å²) in [7, 11) is 0. The zero-order chi connectivity index (χ0) is 22.1. The lowest BCUT2D eigenvalue weighted by atomic mass is 10.0. The average Bonchev–Trinajstić information content (AvgIpc) is 2.76. The van der Waals surface area contributed by atoms with Crippen molar-refractivity contribution in [3.8, 4) is 0 Å². The van der Waals surface area contributed by atoms with Crippen molar-refractivity contribution in [1.82, 2.24) is 4.90 Å². The molecule has 6 heteroatoms. The summed E-state index contributed by atoms with van der Waals surface area (Å²) in [5, 5.41) is 4.38. The molecule has 0 aliphatic carbocycles. The summed E-state index contributed by atoms with van der Waals surface area (Å²) in [5.74, 6) is 0. The molecule has 0 atom stereocenters. The molecule has 0 spiro atoms. The van der Waals surface area contributed by atoms with Gasteiger partial charge in [-0.2, -0.15) is 0 Å². The van der Waals surface area contributed by atoms with Gasteiger partial charge in [0.15, 0.2) is 0 Å². The van der Waals surface area contributed by atoms with Gasteiger partial charge in [0, 0.05) is 24.2 Å². The molecular formula is C25H32N2O4. The highest BCUT2D eigenvalue weighted by atomic mass is 16.6. The Balaban J connectivity index is 1.44. The van der Waals surface area contributed by atoms with Gasteiger partial charge >= 0.3 is 6.09 Å². The van der Waals surface area contributed by atoms with Gasteiger partial charge in [-0.3, -0.25) is 0 Å². The molecule has 1 aliphatic rings. The van der Waals surface area contributed by atoms with Crippen molar-refractivity contribution in [2.45, 2.75) is 45.3 Å². The van der Waals surface area contributed by atoms with E-state index in [-0.39, 0.29) is 12.2 Å². The summed E-state index contributed by atoms with van der Waals surface area (Å²) in [6.45, 7) is 7.75. The lowest BCUT2D eigenvalue weighted by Crippen LogP contribution is -2.43. The number of piperidine rings is 1. The normalized spacial score (nSPS) is 14.7. The maximum absolute atomic E-state index is 12.1. The third-order valence-electron chi connectivity index (χ3n) is 4.87. The number of rotatable bonds is 7. The highest BCUT2D eigenvalue weighted by Crippen LogP contribution is 2.17. The lowest BCUT2D eigenvalue weighted by molar-refractivity contribution is -0.0287. The van der Waals surface area contributed by atoms with Crippen LogP contribution in [0.5, 0.6) is 0 Å². The van der Waals surface area contributed by atoms with Crippen LogP contribution in [0, 0.1) is 0 Å². The van der Waals surface area contributed by atoms with Crippen LogP contribution in [-0.4, -0.2) is 54.7 Å². The quantitative estimate of drug-likeness (QED) is 0.361. The number of nitrogens with zero attached hydrogens (tertiary/aromatic N) is 2. The molecule has 0 bridgehead atoms. The van der Waals surface area contributed by atoms with Crippen LogP contribution in [0.4, 0.5) is 4.79 Å². The van der Waals surface area contributed by atoms with E-state index in [1.54, 1.807) is 4.90 Å². The molecule has 31 heavy (non-hydrogen) atoms. The molecule has 2 aromatic rings. The Hall–Kier alpha value is -2.86. The van der Waals surface area contributed by atoms with E-state index in [1.165, 1.54) is 0 Å². The molecule has 0 radical (unpaired) electrons. The van der Waals surface area contributed by atoms with Gasteiger partial charge in [-0.15, -0.1) is 0 Å². The fourth-order valence-electron chi connectivity index (χ4n) is 3.36. The number of hydrogen-bond acceptors (Lipinski definition) is 5. The second-order valence-corrected chi connectivity index (χ2v) is 8.54. The van der Waals surface area contributed by atoms with E-state index in [9.17, 15) is 4.79 Å². The van der Waals surface area contributed by atoms with E-state index in [4.69, 9.17) is 14.3 Å². The molecule has 1 saturated heterocycles. The molecule has 0 saturated carbocycles. The summed E-state index contributed by atoms with van der Waals surface area (Å²) in [6.07, 6.45) is 1.45. The van der Waals surface area contributed by atoms with E-state index < -0.39 is 5.60 Å². The molecule has 6 nitrogen and oxygen atoms in total. The molecule has 1 fully saturated rings. The third kappa shape index (κ3) is 7.40. The van der Waals surface area contributed by atoms with Gasteiger partial charge in [0.25, 0.3) is 0 Å². The van der Waals surface area contributed by atoms with Crippen molar-refractivity contribution >= 4 is 11.8 Å². The molecule has 1 amide bonds. The second kappa shape index (κ2) is 11.0. The van der Waals surface area contributed by atoms with Crippen LogP contribution in [0.15, 0.2) is 65.8 Å².